The van der Waals surface area contributed by atoms with Crippen LogP contribution in [0.4, 0.5) is 0 Å². The summed E-state index contributed by atoms with van der Waals surface area (Å²) in [5, 5.41) is 2.95. The summed E-state index contributed by atoms with van der Waals surface area (Å²) in [6.45, 7) is 12.5. The predicted octanol–water partition coefficient (Wildman–Crippen LogP) is 5.87. The second kappa shape index (κ2) is 15.7. The van der Waals surface area contributed by atoms with Crippen LogP contribution in [0, 0.1) is 5.92 Å². The zero-order valence-electron chi connectivity index (χ0n) is 18.1. The van der Waals surface area contributed by atoms with Gasteiger partial charge in [-0.2, -0.15) is 11.8 Å². The lowest BCUT2D eigenvalue weighted by Crippen LogP contribution is -2.35. The molecule has 0 aromatic rings. The first-order valence-corrected chi connectivity index (χ1v) is 11.2. The highest BCUT2D eigenvalue weighted by atomic mass is 32.2. The Kier molecular flexibility index (Phi) is 15.0. The van der Waals surface area contributed by atoms with Crippen LogP contribution in [0.15, 0.2) is 34.9 Å². The average Bonchev–Trinajstić information content (AvgIpc) is 2.58. The third kappa shape index (κ3) is 16.6. The van der Waals surface area contributed by atoms with Crippen molar-refractivity contribution in [2.45, 2.75) is 79.7 Å². The van der Waals surface area contributed by atoms with E-state index in [4.69, 9.17) is 0 Å². The third-order valence-electron chi connectivity index (χ3n) is 4.19. The monoisotopic (exact) mass is 393 g/mol. The van der Waals surface area contributed by atoms with E-state index >= 15 is 0 Å². The Balaban J connectivity index is 3.94. The highest BCUT2D eigenvalue weighted by Crippen LogP contribution is 2.13. The smallest absolute Gasteiger partial charge is 0.220 e. The van der Waals surface area contributed by atoms with Crippen LogP contribution < -0.4 is 5.32 Å². The summed E-state index contributed by atoms with van der Waals surface area (Å²) in [6, 6.07) is 0.126. The SMILES string of the molecule is CC(C)=CCC/C(C)=C/CC/C(C)=C/CSCC(C)NC(=O)CC(C)C=O. The minimum Gasteiger partial charge on any atom is -0.353 e. The van der Waals surface area contributed by atoms with Crippen LogP contribution in [0.5, 0.6) is 0 Å². The van der Waals surface area contributed by atoms with Crippen LogP contribution in [0.3, 0.4) is 0 Å². The fraction of sp³-hybridized carbons (Fsp3) is 0.652. The number of carbonyl (C=O) groups is 2. The van der Waals surface area contributed by atoms with Crippen LogP contribution in [0.2, 0.25) is 0 Å². The number of nitrogens with one attached hydrogen (secondary N) is 1. The molecule has 1 amide bonds. The second-order valence-electron chi connectivity index (χ2n) is 7.78. The molecule has 0 aliphatic carbocycles. The summed E-state index contributed by atoms with van der Waals surface area (Å²) in [7, 11) is 0. The van der Waals surface area contributed by atoms with Gasteiger partial charge in [-0.1, -0.05) is 41.9 Å². The van der Waals surface area contributed by atoms with Crippen LogP contribution in [0.25, 0.3) is 0 Å². The first kappa shape index (κ1) is 25.7. The van der Waals surface area contributed by atoms with E-state index in [0.29, 0.717) is 0 Å². The minimum atomic E-state index is -0.208. The molecular weight excluding hydrogens is 354 g/mol. The van der Waals surface area contributed by atoms with Gasteiger partial charge in [0.2, 0.25) is 5.91 Å². The van der Waals surface area contributed by atoms with Gasteiger partial charge in [0.05, 0.1) is 0 Å². The van der Waals surface area contributed by atoms with E-state index in [-0.39, 0.29) is 24.3 Å². The Labute approximate surface area is 171 Å². The standard InChI is InChI=1S/C23H39NO2S/c1-18(2)9-7-10-19(3)11-8-12-20(4)13-14-27-17-22(6)24-23(26)15-21(5)16-25/h9,11,13,16,21-22H,7-8,10,12,14-15,17H2,1-6H3,(H,24,26)/b19-11+,20-13+. The van der Waals surface area contributed by atoms with Crippen molar-refractivity contribution in [1.82, 2.24) is 5.32 Å². The molecule has 0 aromatic carbocycles. The summed E-state index contributed by atoms with van der Waals surface area (Å²) in [4.78, 5) is 22.3. The number of rotatable bonds is 14. The van der Waals surface area contributed by atoms with Gasteiger partial charge >= 0.3 is 0 Å². The Bertz CT molecular complexity index is 530. The lowest BCUT2D eigenvalue weighted by molar-refractivity contribution is -0.124. The number of aldehydes is 1. The van der Waals surface area contributed by atoms with Crippen LogP contribution in [0.1, 0.15) is 73.6 Å². The average molecular weight is 394 g/mol. The molecule has 0 rings (SSSR count). The molecule has 0 spiro atoms. The van der Waals surface area contributed by atoms with Gasteiger partial charge in [-0.05, 0) is 60.3 Å². The number of hydrogen-bond donors (Lipinski definition) is 1. The van der Waals surface area contributed by atoms with Crippen molar-refractivity contribution in [2.24, 2.45) is 5.92 Å². The number of carbonyl (C=O) groups excluding carboxylic acids is 2. The highest BCUT2D eigenvalue weighted by molar-refractivity contribution is 7.99. The number of amides is 1. The lowest BCUT2D eigenvalue weighted by atomic mass is 10.1. The van der Waals surface area contributed by atoms with E-state index in [1.54, 1.807) is 6.92 Å². The van der Waals surface area contributed by atoms with E-state index in [1.165, 1.54) is 16.7 Å². The molecule has 1 N–H and O–H groups in total. The molecule has 0 saturated heterocycles. The minimum absolute atomic E-state index is 0.0406. The van der Waals surface area contributed by atoms with Crippen molar-refractivity contribution in [3.05, 3.63) is 34.9 Å². The molecule has 0 radical (unpaired) electrons. The van der Waals surface area contributed by atoms with Crippen LogP contribution >= 0.6 is 11.8 Å². The maximum absolute atomic E-state index is 11.7. The first-order valence-electron chi connectivity index (χ1n) is 10.0. The van der Waals surface area contributed by atoms with E-state index in [2.05, 4.69) is 51.2 Å². The number of thioether (sulfide) groups is 1. The van der Waals surface area contributed by atoms with Gasteiger partial charge in [-0.15, -0.1) is 0 Å². The van der Waals surface area contributed by atoms with Crippen molar-refractivity contribution in [2.75, 3.05) is 11.5 Å². The van der Waals surface area contributed by atoms with Crippen molar-refractivity contribution >= 4 is 24.0 Å². The molecule has 3 nitrogen and oxygen atoms in total. The van der Waals surface area contributed by atoms with E-state index in [0.717, 1.165) is 43.5 Å². The Morgan fingerprint density at radius 2 is 1.56 bits per heavy atom. The van der Waals surface area contributed by atoms with E-state index in [9.17, 15) is 9.59 Å². The maximum atomic E-state index is 11.7. The molecule has 0 fully saturated rings. The van der Waals surface area contributed by atoms with Gasteiger partial charge in [0, 0.05) is 29.9 Å². The largest absolute Gasteiger partial charge is 0.353 e. The summed E-state index contributed by atoms with van der Waals surface area (Å²) in [6.07, 6.45) is 12.6. The molecule has 0 aromatic heterocycles. The maximum Gasteiger partial charge on any atom is 0.220 e. The van der Waals surface area contributed by atoms with Gasteiger partial charge in [-0.3, -0.25) is 4.79 Å². The molecule has 0 aliphatic heterocycles. The quantitative estimate of drug-likeness (QED) is 0.228. The van der Waals surface area contributed by atoms with Gasteiger partial charge in [0.15, 0.2) is 0 Å². The number of allylic oxidation sites excluding steroid dienone is 5. The summed E-state index contributed by atoms with van der Waals surface area (Å²) >= 11 is 1.83. The Morgan fingerprint density at radius 1 is 0.963 bits per heavy atom. The normalized spacial score (nSPS) is 14.4. The Morgan fingerprint density at radius 3 is 2.15 bits per heavy atom. The molecule has 0 aliphatic rings. The third-order valence-corrected chi connectivity index (χ3v) is 5.33. The van der Waals surface area contributed by atoms with Crippen molar-refractivity contribution < 1.29 is 9.59 Å². The summed E-state index contributed by atoms with van der Waals surface area (Å²) in [5.41, 5.74) is 4.29. The highest BCUT2D eigenvalue weighted by Gasteiger charge is 2.10. The number of hydrogen-bond acceptors (Lipinski definition) is 3. The summed E-state index contributed by atoms with van der Waals surface area (Å²) < 4.78 is 0. The molecule has 154 valence electrons. The molecule has 0 bridgehead atoms. The Hall–Kier alpha value is -1.29. The predicted molar refractivity (Wildman–Crippen MR) is 120 cm³/mol. The van der Waals surface area contributed by atoms with Gasteiger partial charge in [0.25, 0.3) is 0 Å². The molecule has 2 unspecified atom stereocenters. The fourth-order valence-corrected chi connectivity index (χ4v) is 3.48. The molecule has 2 atom stereocenters. The second-order valence-corrected chi connectivity index (χ2v) is 8.86. The lowest BCUT2D eigenvalue weighted by Gasteiger charge is -2.13. The van der Waals surface area contributed by atoms with Crippen molar-refractivity contribution in [3.8, 4) is 0 Å². The molecule has 27 heavy (non-hydrogen) atoms. The van der Waals surface area contributed by atoms with Crippen LogP contribution in [-0.4, -0.2) is 29.7 Å². The summed E-state index contributed by atoms with van der Waals surface area (Å²) in [5.74, 6) is 1.61. The van der Waals surface area contributed by atoms with Gasteiger partial charge in [-0.25, -0.2) is 0 Å². The molecular formula is C23H39NO2S. The molecule has 0 heterocycles. The van der Waals surface area contributed by atoms with Gasteiger partial charge < -0.3 is 10.1 Å². The fourth-order valence-electron chi connectivity index (χ4n) is 2.50. The van der Waals surface area contributed by atoms with Crippen LogP contribution in [-0.2, 0) is 9.59 Å². The topological polar surface area (TPSA) is 46.2 Å². The zero-order valence-corrected chi connectivity index (χ0v) is 19.0. The van der Waals surface area contributed by atoms with Crippen molar-refractivity contribution in [3.63, 3.8) is 0 Å². The van der Waals surface area contributed by atoms with E-state index in [1.807, 2.05) is 18.7 Å². The molecule has 0 saturated carbocycles. The van der Waals surface area contributed by atoms with Crippen molar-refractivity contribution in [1.29, 1.82) is 0 Å². The first-order chi connectivity index (χ1) is 12.7. The van der Waals surface area contributed by atoms with Gasteiger partial charge in [0.1, 0.15) is 6.29 Å². The van der Waals surface area contributed by atoms with E-state index < -0.39 is 0 Å². The molecule has 4 heteroatoms. The zero-order chi connectivity index (χ0) is 20.7.